The van der Waals surface area contributed by atoms with Crippen molar-refractivity contribution in [1.82, 2.24) is 10.3 Å². The van der Waals surface area contributed by atoms with Crippen molar-refractivity contribution in [3.05, 3.63) is 15.6 Å². The van der Waals surface area contributed by atoms with E-state index < -0.39 is 12.8 Å². The van der Waals surface area contributed by atoms with Gasteiger partial charge in [-0.3, -0.25) is 0 Å². The SMILES string of the molecule is Cc1nc(CCOCC(F)(F)F)sc1CNCC(C)C. The van der Waals surface area contributed by atoms with Crippen LogP contribution < -0.4 is 5.32 Å². The normalized spacial score (nSPS) is 12.3. The van der Waals surface area contributed by atoms with E-state index in [-0.39, 0.29) is 6.61 Å². The molecule has 0 spiro atoms. The second-order valence-electron chi connectivity index (χ2n) is 5.06. The van der Waals surface area contributed by atoms with E-state index >= 15 is 0 Å². The molecule has 1 aromatic rings. The zero-order chi connectivity index (χ0) is 15.2. The lowest BCUT2D eigenvalue weighted by molar-refractivity contribution is -0.173. The summed E-state index contributed by atoms with van der Waals surface area (Å²) >= 11 is 1.53. The van der Waals surface area contributed by atoms with Gasteiger partial charge in [0, 0.05) is 17.8 Å². The van der Waals surface area contributed by atoms with Crippen molar-refractivity contribution < 1.29 is 17.9 Å². The molecule has 0 aliphatic rings. The summed E-state index contributed by atoms with van der Waals surface area (Å²) in [5.41, 5.74) is 0.942. The predicted octanol–water partition coefficient (Wildman–Crippen LogP) is 3.32. The highest BCUT2D eigenvalue weighted by atomic mass is 32.1. The number of ether oxygens (including phenoxy) is 1. The van der Waals surface area contributed by atoms with Gasteiger partial charge in [-0.15, -0.1) is 11.3 Å². The van der Waals surface area contributed by atoms with Crippen molar-refractivity contribution in [2.45, 2.75) is 39.9 Å². The third-order valence-electron chi connectivity index (χ3n) is 2.50. The summed E-state index contributed by atoms with van der Waals surface area (Å²) in [5, 5.41) is 4.16. The molecule has 0 atom stereocenters. The predicted molar refractivity (Wildman–Crippen MR) is 74.0 cm³/mol. The molecule has 1 aromatic heterocycles. The van der Waals surface area contributed by atoms with Crippen molar-refractivity contribution in [2.24, 2.45) is 5.92 Å². The highest BCUT2D eigenvalue weighted by molar-refractivity contribution is 7.11. The molecule has 116 valence electrons. The number of rotatable bonds is 8. The van der Waals surface area contributed by atoms with Crippen molar-refractivity contribution in [2.75, 3.05) is 19.8 Å². The van der Waals surface area contributed by atoms with Crippen LogP contribution >= 0.6 is 11.3 Å². The van der Waals surface area contributed by atoms with E-state index in [2.05, 4.69) is 28.9 Å². The van der Waals surface area contributed by atoms with Gasteiger partial charge in [0.15, 0.2) is 0 Å². The zero-order valence-corrected chi connectivity index (χ0v) is 12.8. The molecule has 3 nitrogen and oxygen atoms in total. The van der Waals surface area contributed by atoms with E-state index in [9.17, 15) is 13.2 Å². The van der Waals surface area contributed by atoms with Crippen molar-refractivity contribution in [3.63, 3.8) is 0 Å². The van der Waals surface area contributed by atoms with Gasteiger partial charge in [-0.2, -0.15) is 13.2 Å². The molecule has 1 rings (SSSR count). The average Bonchev–Trinajstić information content (AvgIpc) is 2.64. The van der Waals surface area contributed by atoms with Crippen LogP contribution in [-0.4, -0.2) is 30.9 Å². The van der Waals surface area contributed by atoms with Crippen LogP contribution in [0.2, 0.25) is 0 Å². The Kier molecular flexibility index (Phi) is 6.91. The Balaban J connectivity index is 2.33. The van der Waals surface area contributed by atoms with Crippen LogP contribution in [0.15, 0.2) is 0 Å². The molecule has 0 fully saturated rings. The molecule has 0 radical (unpaired) electrons. The number of thiazole rings is 1. The van der Waals surface area contributed by atoms with Gasteiger partial charge < -0.3 is 10.1 Å². The van der Waals surface area contributed by atoms with E-state index in [1.165, 1.54) is 11.3 Å². The molecule has 0 aliphatic heterocycles. The summed E-state index contributed by atoms with van der Waals surface area (Å²) in [5.74, 6) is 0.582. The molecule has 0 saturated carbocycles. The van der Waals surface area contributed by atoms with Crippen LogP contribution in [0.5, 0.6) is 0 Å². The van der Waals surface area contributed by atoms with Gasteiger partial charge in [-0.1, -0.05) is 13.8 Å². The number of hydrogen-bond acceptors (Lipinski definition) is 4. The topological polar surface area (TPSA) is 34.1 Å². The molecule has 7 heteroatoms. The van der Waals surface area contributed by atoms with Gasteiger partial charge in [-0.05, 0) is 19.4 Å². The van der Waals surface area contributed by atoms with Crippen LogP contribution in [0.3, 0.4) is 0 Å². The van der Waals surface area contributed by atoms with Crippen LogP contribution in [0.25, 0.3) is 0 Å². The molecule has 0 amide bonds. The van der Waals surface area contributed by atoms with Gasteiger partial charge in [-0.25, -0.2) is 4.98 Å². The summed E-state index contributed by atoms with van der Waals surface area (Å²) < 4.78 is 40.3. The van der Waals surface area contributed by atoms with Crippen LogP contribution in [0.1, 0.15) is 29.4 Å². The van der Waals surface area contributed by atoms with E-state index in [4.69, 9.17) is 0 Å². The van der Waals surface area contributed by atoms with Crippen molar-refractivity contribution in [3.8, 4) is 0 Å². The minimum absolute atomic E-state index is 0.0470. The second kappa shape index (κ2) is 7.95. The fraction of sp³-hybridized carbons (Fsp3) is 0.769. The van der Waals surface area contributed by atoms with E-state index in [1.54, 1.807) is 0 Å². The standard InChI is InChI=1S/C13H21F3N2OS/c1-9(2)6-17-7-11-10(3)18-12(20-11)4-5-19-8-13(14,15)16/h9,17H,4-8H2,1-3H3. The first-order valence-electron chi connectivity index (χ1n) is 6.58. The van der Waals surface area contributed by atoms with Gasteiger partial charge in [0.1, 0.15) is 6.61 Å². The maximum atomic E-state index is 11.9. The highest BCUT2D eigenvalue weighted by Crippen LogP contribution is 2.19. The van der Waals surface area contributed by atoms with Gasteiger partial charge in [0.05, 0.1) is 17.3 Å². The second-order valence-corrected chi connectivity index (χ2v) is 6.23. The molecule has 20 heavy (non-hydrogen) atoms. The number of hydrogen-bond donors (Lipinski definition) is 1. The van der Waals surface area contributed by atoms with Gasteiger partial charge in [0.2, 0.25) is 0 Å². The number of halogens is 3. The molecule has 0 bridgehead atoms. The lowest BCUT2D eigenvalue weighted by Gasteiger charge is -2.06. The first kappa shape index (κ1) is 17.4. The third kappa shape index (κ3) is 7.21. The van der Waals surface area contributed by atoms with Gasteiger partial charge >= 0.3 is 6.18 Å². The summed E-state index contributed by atoms with van der Waals surface area (Å²) in [6.45, 7) is 6.73. The molecule has 1 N–H and O–H groups in total. The molecular weight excluding hydrogens is 289 g/mol. The molecular formula is C13H21F3N2OS. The number of nitrogens with one attached hydrogen (secondary N) is 1. The summed E-state index contributed by atoms with van der Waals surface area (Å²) in [6, 6.07) is 0. The lowest BCUT2D eigenvalue weighted by atomic mass is 10.2. The molecule has 0 aliphatic carbocycles. The quantitative estimate of drug-likeness (QED) is 0.748. The van der Waals surface area contributed by atoms with E-state index in [0.29, 0.717) is 12.3 Å². The Bertz CT molecular complexity index is 405. The number of alkyl halides is 3. The minimum atomic E-state index is -4.26. The van der Waals surface area contributed by atoms with Crippen LogP contribution in [0, 0.1) is 12.8 Å². The summed E-state index contributed by atoms with van der Waals surface area (Å²) in [4.78, 5) is 5.50. The fourth-order valence-corrected chi connectivity index (χ4v) is 2.60. The first-order chi connectivity index (χ1) is 9.28. The lowest BCUT2D eigenvalue weighted by Crippen LogP contribution is -2.18. The Morgan fingerprint density at radius 3 is 2.65 bits per heavy atom. The Labute approximate surface area is 121 Å². The highest BCUT2D eigenvalue weighted by Gasteiger charge is 2.27. The average molecular weight is 310 g/mol. The van der Waals surface area contributed by atoms with Crippen molar-refractivity contribution >= 4 is 11.3 Å². The third-order valence-corrected chi connectivity index (χ3v) is 3.72. The van der Waals surface area contributed by atoms with Crippen LogP contribution in [-0.2, 0) is 17.7 Å². The summed E-state index contributed by atoms with van der Waals surface area (Å²) in [6.07, 6.45) is -3.84. The maximum Gasteiger partial charge on any atom is 0.411 e. The fourth-order valence-electron chi connectivity index (χ4n) is 1.58. The maximum absolute atomic E-state index is 11.9. The monoisotopic (exact) mass is 310 g/mol. The number of aryl methyl sites for hydroxylation is 1. The van der Waals surface area contributed by atoms with E-state index in [1.807, 2.05) is 6.92 Å². The Morgan fingerprint density at radius 2 is 2.05 bits per heavy atom. The first-order valence-corrected chi connectivity index (χ1v) is 7.40. The Morgan fingerprint density at radius 1 is 1.35 bits per heavy atom. The van der Waals surface area contributed by atoms with Crippen LogP contribution in [0.4, 0.5) is 13.2 Å². The number of aromatic nitrogens is 1. The molecule has 0 aromatic carbocycles. The minimum Gasteiger partial charge on any atom is -0.372 e. The molecule has 1 heterocycles. The Hall–Kier alpha value is -0.660. The molecule has 0 saturated heterocycles. The smallest absolute Gasteiger partial charge is 0.372 e. The molecule has 0 unspecified atom stereocenters. The van der Waals surface area contributed by atoms with Crippen molar-refractivity contribution in [1.29, 1.82) is 0 Å². The largest absolute Gasteiger partial charge is 0.411 e. The number of nitrogens with zero attached hydrogens (tertiary/aromatic N) is 1. The van der Waals surface area contributed by atoms with Gasteiger partial charge in [0.25, 0.3) is 0 Å². The zero-order valence-electron chi connectivity index (χ0n) is 12.0. The van der Waals surface area contributed by atoms with E-state index in [0.717, 1.165) is 28.7 Å². The summed E-state index contributed by atoms with van der Waals surface area (Å²) in [7, 11) is 0.